The van der Waals surface area contributed by atoms with E-state index in [1.54, 1.807) is 0 Å². The molecule has 74 valence electrons. The summed E-state index contributed by atoms with van der Waals surface area (Å²) in [5, 5.41) is 0. The minimum Gasteiger partial charge on any atom is -0.292 e. The molecule has 0 spiro atoms. The van der Waals surface area contributed by atoms with Crippen molar-refractivity contribution in [2.24, 2.45) is 0 Å². The van der Waals surface area contributed by atoms with E-state index < -0.39 is 25.3 Å². The predicted octanol–water partition coefficient (Wildman–Crippen LogP) is 2.96. The summed E-state index contributed by atoms with van der Waals surface area (Å²) in [6.45, 7) is -0.0620. The van der Waals surface area contributed by atoms with Gasteiger partial charge in [-0.3, -0.25) is 4.74 Å². The van der Waals surface area contributed by atoms with Gasteiger partial charge in [-0.25, -0.2) is 8.78 Å². The molecule has 0 aromatic heterocycles. The molecule has 0 fully saturated rings. The van der Waals surface area contributed by atoms with E-state index in [0.717, 1.165) is 0 Å². The summed E-state index contributed by atoms with van der Waals surface area (Å²) in [4.78, 5) is 0. The summed E-state index contributed by atoms with van der Waals surface area (Å²) in [7, 11) is 0. The second-order valence-corrected chi connectivity index (χ2v) is 2.47. The molecule has 0 amide bonds. The molecule has 0 aromatic carbocycles. The number of hydrogen-bond acceptors (Lipinski definition) is 1. The fourth-order valence-corrected chi connectivity index (χ4v) is 0.570. The van der Waals surface area contributed by atoms with Gasteiger partial charge >= 0.3 is 6.36 Å². The fourth-order valence-electron chi connectivity index (χ4n) is 0.570. The number of ether oxygens (including phenoxy) is 1. The van der Waals surface area contributed by atoms with Crippen molar-refractivity contribution in [3.63, 3.8) is 0 Å². The first-order chi connectivity index (χ1) is 5.21. The lowest BCUT2D eigenvalue weighted by Crippen LogP contribution is -2.16. The van der Waals surface area contributed by atoms with Crippen molar-refractivity contribution in [3.05, 3.63) is 0 Å². The minimum atomic E-state index is -4.72. The lowest BCUT2D eigenvalue weighted by molar-refractivity contribution is -0.325. The van der Waals surface area contributed by atoms with Crippen LogP contribution in [0.1, 0.15) is 19.8 Å². The standard InChI is InChI=1S/C6H9F5O/c1-5(7,8)3-2-4-12-6(9,10)11/h2-4H2,1H3. The van der Waals surface area contributed by atoms with Gasteiger partial charge in [0.2, 0.25) is 5.92 Å². The average Bonchev–Trinajstić information content (AvgIpc) is 1.76. The Hall–Kier alpha value is -0.390. The van der Waals surface area contributed by atoms with Crippen LogP contribution in [0.2, 0.25) is 0 Å². The first-order valence-electron chi connectivity index (χ1n) is 3.29. The van der Waals surface area contributed by atoms with Crippen LogP contribution in [0.15, 0.2) is 0 Å². The van der Waals surface area contributed by atoms with Crippen molar-refractivity contribution >= 4 is 0 Å². The molecular formula is C6H9F5O. The molecule has 6 heteroatoms. The van der Waals surface area contributed by atoms with E-state index in [9.17, 15) is 22.0 Å². The third-order valence-corrected chi connectivity index (χ3v) is 1.03. The molecule has 0 atom stereocenters. The maximum absolute atomic E-state index is 12.0. The van der Waals surface area contributed by atoms with Gasteiger partial charge in [0.05, 0.1) is 6.61 Å². The Kier molecular flexibility index (Phi) is 3.89. The van der Waals surface area contributed by atoms with Gasteiger partial charge in [-0.05, 0) is 13.3 Å². The van der Waals surface area contributed by atoms with Crippen LogP contribution in [0.4, 0.5) is 22.0 Å². The molecule has 0 heterocycles. The highest BCUT2D eigenvalue weighted by Crippen LogP contribution is 2.21. The molecule has 0 aliphatic rings. The van der Waals surface area contributed by atoms with Gasteiger partial charge in [-0.1, -0.05) is 0 Å². The number of rotatable bonds is 4. The van der Waals surface area contributed by atoms with Crippen molar-refractivity contribution in [1.29, 1.82) is 0 Å². The zero-order chi connectivity index (χ0) is 9.83. The van der Waals surface area contributed by atoms with Crippen LogP contribution < -0.4 is 0 Å². The summed E-state index contributed by atoms with van der Waals surface area (Å²) < 4.78 is 61.1. The second kappa shape index (κ2) is 4.02. The van der Waals surface area contributed by atoms with E-state index in [0.29, 0.717) is 6.92 Å². The monoisotopic (exact) mass is 192 g/mol. The van der Waals surface area contributed by atoms with Gasteiger partial charge in [0.25, 0.3) is 0 Å². The van der Waals surface area contributed by atoms with Gasteiger partial charge < -0.3 is 0 Å². The molecule has 0 saturated carbocycles. The van der Waals surface area contributed by atoms with E-state index in [1.807, 2.05) is 0 Å². The SMILES string of the molecule is CC(F)(F)CCCOC(F)(F)F. The Balaban J connectivity index is 3.35. The summed E-state index contributed by atoms with van der Waals surface area (Å²) in [5.74, 6) is -2.92. The van der Waals surface area contributed by atoms with Crippen molar-refractivity contribution in [3.8, 4) is 0 Å². The topological polar surface area (TPSA) is 9.23 Å². The molecular weight excluding hydrogens is 183 g/mol. The van der Waals surface area contributed by atoms with Crippen LogP contribution in [0.25, 0.3) is 0 Å². The minimum absolute atomic E-state index is 0.303. The highest BCUT2D eigenvalue weighted by Gasteiger charge is 2.29. The Labute approximate surface area is 66.5 Å². The van der Waals surface area contributed by atoms with Crippen LogP contribution >= 0.6 is 0 Å². The quantitative estimate of drug-likeness (QED) is 0.491. The molecule has 0 bridgehead atoms. The number of halogens is 5. The predicted molar refractivity (Wildman–Crippen MR) is 31.9 cm³/mol. The van der Waals surface area contributed by atoms with Gasteiger partial charge in [-0.15, -0.1) is 13.2 Å². The molecule has 0 saturated heterocycles. The normalized spacial score (nSPS) is 13.5. The van der Waals surface area contributed by atoms with Crippen LogP contribution in [-0.4, -0.2) is 18.9 Å². The number of hydrogen-bond donors (Lipinski definition) is 0. The van der Waals surface area contributed by atoms with Crippen LogP contribution in [0.5, 0.6) is 0 Å². The fraction of sp³-hybridized carbons (Fsp3) is 1.00. The third kappa shape index (κ3) is 9.61. The molecule has 0 rings (SSSR count). The smallest absolute Gasteiger partial charge is 0.292 e. The van der Waals surface area contributed by atoms with E-state index in [2.05, 4.69) is 4.74 Å². The Morgan fingerprint density at radius 1 is 1.08 bits per heavy atom. The van der Waals surface area contributed by atoms with Gasteiger partial charge in [0.15, 0.2) is 0 Å². The zero-order valence-electron chi connectivity index (χ0n) is 6.42. The van der Waals surface area contributed by atoms with Crippen LogP contribution in [0, 0.1) is 0 Å². The molecule has 0 aliphatic heterocycles. The van der Waals surface area contributed by atoms with Gasteiger partial charge in [0.1, 0.15) is 0 Å². The highest BCUT2D eigenvalue weighted by molar-refractivity contribution is 4.56. The van der Waals surface area contributed by atoms with E-state index in [1.165, 1.54) is 0 Å². The molecule has 0 N–H and O–H groups in total. The first-order valence-corrected chi connectivity index (χ1v) is 3.29. The Bertz CT molecular complexity index is 109. The molecule has 12 heavy (non-hydrogen) atoms. The zero-order valence-corrected chi connectivity index (χ0v) is 6.42. The third-order valence-electron chi connectivity index (χ3n) is 1.03. The molecule has 0 aliphatic carbocycles. The largest absolute Gasteiger partial charge is 0.522 e. The van der Waals surface area contributed by atoms with E-state index in [-0.39, 0.29) is 6.42 Å². The lowest BCUT2D eigenvalue weighted by atomic mass is 10.2. The molecule has 0 unspecified atom stereocenters. The highest BCUT2D eigenvalue weighted by atomic mass is 19.4. The molecule has 0 radical (unpaired) electrons. The molecule has 1 nitrogen and oxygen atoms in total. The van der Waals surface area contributed by atoms with Crippen molar-refractivity contribution in [1.82, 2.24) is 0 Å². The number of alkyl halides is 5. The van der Waals surface area contributed by atoms with Crippen LogP contribution in [0.3, 0.4) is 0 Å². The summed E-state index contributed by atoms with van der Waals surface area (Å²) in [5.41, 5.74) is 0. The maximum atomic E-state index is 12.0. The second-order valence-electron chi connectivity index (χ2n) is 2.47. The first kappa shape index (κ1) is 11.6. The lowest BCUT2D eigenvalue weighted by Gasteiger charge is -2.10. The van der Waals surface area contributed by atoms with Crippen molar-refractivity contribution in [2.75, 3.05) is 6.61 Å². The Morgan fingerprint density at radius 2 is 1.58 bits per heavy atom. The van der Waals surface area contributed by atoms with Crippen LogP contribution in [-0.2, 0) is 4.74 Å². The maximum Gasteiger partial charge on any atom is 0.522 e. The molecule has 0 aromatic rings. The summed E-state index contributed by atoms with van der Waals surface area (Å²) >= 11 is 0. The van der Waals surface area contributed by atoms with Crippen molar-refractivity contribution in [2.45, 2.75) is 32.1 Å². The van der Waals surface area contributed by atoms with E-state index in [4.69, 9.17) is 0 Å². The van der Waals surface area contributed by atoms with Gasteiger partial charge in [0, 0.05) is 6.42 Å². The van der Waals surface area contributed by atoms with Gasteiger partial charge in [-0.2, -0.15) is 0 Å². The van der Waals surface area contributed by atoms with Crippen molar-refractivity contribution < 1.29 is 26.7 Å². The average molecular weight is 192 g/mol. The summed E-state index contributed by atoms with van der Waals surface area (Å²) in [6.07, 6.45) is -5.62. The Morgan fingerprint density at radius 3 is 1.92 bits per heavy atom. The van der Waals surface area contributed by atoms with E-state index >= 15 is 0 Å². The summed E-state index contributed by atoms with van der Waals surface area (Å²) in [6, 6.07) is 0.